The van der Waals surface area contributed by atoms with Crippen LogP contribution in [0.2, 0.25) is 0 Å². The summed E-state index contributed by atoms with van der Waals surface area (Å²) in [5.41, 5.74) is -0.128. The van der Waals surface area contributed by atoms with Crippen molar-refractivity contribution in [2.45, 2.75) is 0 Å². The van der Waals surface area contributed by atoms with Gasteiger partial charge in [-0.2, -0.15) is 5.26 Å². The third kappa shape index (κ3) is 1.67. The Morgan fingerprint density at radius 1 is 1.64 bits per heavy atom. The summed E-state index contributed by atoms with van der Waals surface area (Å²) in [6.45, 7) is 0. The highest BCUT2D eigenvalue weighted by molar-refractivity contribution is 5.33. The van der Waals surface area contributed by atoms with Gasteiger partial charge in [-0.15, -0.1) is 0 Å². The van der Waals surface area contributed by atoms with Gasteiger partial charge in [0.25, 0.3) is 5.56 Å². The van der Waals surface area contributed by atoms with Gasteiger partial charge in [-0.1, -0.05) is 0 Å². The molecule has 0 amide bonds. The monoisotopic (exact) mass is 145 g/mol. The third-order valence-electron chi connectivity index (χ3n) is 0.972. The average Bonchev–Trinajstić information content (AvgIpc) is 2.03. The number of nitrogens with zero attached hydrogens (tertiary/aromatic N) is 2. The molecule has 0 bridgehead atoms. The minimum atomic E-state index is -0.331. The maximum atomic E-state index is 10.8. The SMILES string of the molecule is N#CC#Cc1cnc[nH]c1=O. The molecule has 0 saturated carbocycles. The van der Waals surface area contributed by atoms with Gasteiger partial charge in [0, 0.05) is 12.1 Å². The molecule has 0 spiro atoms. The van der Waals surface area contributed by atoms with Gasteiger partial charge in [0.05, 0.1) is 6.33 Å². The van der Waals surface area contributed by atoms with Gasteiger partial charge in [0.1, 0.15) is 5.56 Å². The first-order valence-electron chi connectivity index (χ1n) is 2.77. The summed E-state index contributed by atoms with van der Waals surface area (Å²) in [7, 11) is 0. The summed E-state index contributed by atoms with van der Waals surface area (Å²) in [5.74, 6) is 4.45. The second-order valence-electron chi connectivity index (χ2n) is 1.66. The highest BCUT2D eigenvalue weighted by Gasteiger charge is 1.90. The van der Waals surface area contributed by atoms with Crippen molar-refractivity contribution < 1.29 is 0 Å². The lowest BCUT2D eigenvalue weighted by Crippen LogP contribution is -2.08. The Bertz CT molecular complexity index is 402. The molecule has 4 nitrogen and oxygen atoms in total. The number of aromatic amines is 1. The van der Waals surface area contributed by atoms with E-state index in [9.17, 15) is 4.79 Å². The maximum absolute atomic E-state index is 10.8. The highest BCUT2D eigenvalue weighted by Crippen LogP contribution is 1.79. The summed E-state index contributed by atoms with van der Waals surface area (Å²) in [5, 5.41) is 8.06. The molecule has 1 rings (SSSR count). The zero-order valence-electron chi connectivity index (χ0n) is 5.46. The Labute approximate surface area is 62.5 Å². The summed E-state index contributed by atoms with van der Waals surface area (Å²) in [6.07, 6.45) is 2.57. The molecule has 1 N–H and O–H groups in total. The molecule has 0 aliphatic heterocycles. The number of H-pyrrole nitrogens is 1. The van der Waals surface area contributed by atoms with E-state index in [4.69, 9.17) is 5.26 Å². The Morgan fingerprint density at radius 2 is 2.45 bits per heavy atom. The molecule has 1 aromatic rings. The van der Waals surface area contributed by atoms with E-state index in [2.05, 4.69) is 21.8 Å². The highest BCUT2D eigenvalue weighted by atomic mass is 16.1. The zero-order valence-corrected chi connectivity index (χ0v) is 5.46. The lowest BCUT2D eigenvalue weighted by Gasteiger charge is -1.83. The molecular weight excluding hydrogens is 142 g/mol. The Balaban J connectivity index is 3.18. The summed E-state index contributed by atoms with van der Waals surface area (Å²) < 4.78 is 0. The Hall–Kier alpha value is -2.07. The fourth-order valence-electron chi connectivity index (χ4n) is 0.528. The lowest BCUT2D eigenvalue weighted by molar-refractivity contribution is 1.10. The zero-order chi connectivity index (χ0) is 8.10. The molecule has 0 atom stereocenters. The molecule has 0 aliphatic carbocycles. The lowest BCUT2D eigenvalue weighted by atomic mass is 10.3. The van der Waals surface area contributed by atoms with E-state index in [1.165, 1.54) is 12.5 Å². The van der Waals surface area contributed by atoms with Crippen LogP contribution < -0.4 is 5.56 Å². The van der Waals surface area contributed by atoms with E-state index in [1.54, 1.807) is 6.07 Å². The van der Waals surface area contributed by atoms with Gasteiger partial charge in [-0.05, 0) is 5.92 Å². The van der Waals surface area contributed by atoms with Crippen molar-refractivity contribution in [1.82, 2.24) is 9.97 Å². The first-order valence-corrected chi connectivity index (χ1v) is 2.77. The third-order valence-corrected chi connectivity index (χ3v) is 0.972. The van der Waals surface area contributed by atoms with Crippen LogP contribution in [0.1, 0.15) is 5.56 Å². The molecule has 0 aromatic carbocycles. The molecule has 0 fully saturated rings. The quantitative estimate of drug-likeness (QED) is 0.507. The number of hydrogen-bond acceptors (Lipinski definition) is 3. The van der Waals surface area contributed by atoms with E-state index in [0.29, 0.717) is 0 Å². The normalized spacial score (nSPS) is 7.55. The number of aromatic nitrogens is 2. The summed E-state index contributed by atoms with van der Waals surface area (Å²) in [6, 6.07) is 1.60. The fourth-order valence-corrected chi connectivity index (χ4v) is 0.528. The van der Waals surface area contributed by atoms with E-state index >= 15 is 0 Å². The van der Waals surface area contributed by atoms with Crippen LogP contribution in [0.4, 0.5) is 0 Å². The molecule has 0 aliphatic rings. The molecule has 1 aromatic heterocycles. The second-order valence-corrected chi connectivity index (χ2v) is 1.66. The first kappa shape index (κ1) is 7.04. The minimum absolute atomic E-state index is 0.203. The smallest absolute Gasteiger partial charge is 0.266 e. The van der Waals surface area contributed by atoms with Crippen LogP contribution >= 0.6 is 0 Å². The van der Waals surface area contributed by atoms with E-state index in [0.717, 1.165) is 0 Å². The van der Waals surface area contributed by atoms with Crippen molar-refractivity contribution in [2.75, 3.05) is 0 Å². The Morgan fingerprint density at radius 3 is 3.09 bits per heavy atom. The van der Waals surface area contributed by atoms with Crippen molar-refractivity contribution in [3.63, 3.8) is 0 Å². The molecule has 4 heteroatoms. The van der Waals surface area contributed by atoms with Gasteiger partial charge >= 0.3 is 0 Å². The van der Waals surface area contributed by atoms with Crippen LogP contribution in [0.3, 0.4) is 0 Å². The van der Waals surface area contributed by atoms with Gasteiger partial charge in [-0.3, -0.25) is 4.79 Å². The van der Waals surface area contributed by atoms with Crippen LogP contribution in [0.15, 0.2) is 17.3 Å². The van der Waals surface area contributed by atoms with Crippen molar-refractivity contribution in [3.8, 4) is 17.9 Å². The number of rotatable bonds is 0. The van der Waals surface area contributed by atoms with Gasteiger partial charge < -0.3 is 4.98 Å². The molecule has 11 heavy (non-hydrogen) atoms. The number of nitriles is 1. The van der Waals surface area contributed by atoms with E-state index in [-0.39, 0.29) is 11.1 Å². The van der Waals surface area contributed by atoms with E-state index in [1.807, 2.05) is 0 Å². The van der Waals surface area contributed by atoms with Crippen LogP contribution in [0, 0.1) is 23.2 Å². The average molecular weight is 145 g/mol. The molecule has 0 radical (unpaired) electrons. The van der Waals surface area contributed by atoms with Gasteiger partial charge in [-0.25, -0.2) is 4.98 Å². The first-order chi connectivity index (χ1) is 5.34. The molecule has 1 heterocycles. The van der Waals surface area contributed by atoms with Crippen molar-refractivity contribution in [3.05, 3.63) is 28.4 Å². The Kier molecular flexibility index (Phi) is 2.04. The molecular formula is C7H3N3O. The number of hydrogen-bond donors (Lipinski definition) is 1. The standard InChI is InChI=1S/C7H3N3O/c8-3-1-2-6-4-9-5-10-7(6)11/h4-5H,(H,9,10,11). The van der Waals surface area contributed by atoms with Crippen LogP contribution in [0.5, 0.6) is 0 Å². The van der Waals surface area contributed by atoms with Crippen molar-refractivity contribution in [2.24, 2.45) is 0 Å². The topological polar surface area (TPSA) is 69.5 Å². The largest absolute Gasteiger partial charge is 0.312 e. The van der Waals surface area contributed by atoms with Gasteiger partial charge in [0.15, 0.2) is 6.07 Å². The van der Waals surface area contributed by atoms with Crippen molar-refractivity contribution >= 4 is 0 Å². The summed E-state index contributed by atoms with van der Waals surface area (Å²) >= 11 is 0. The molecule has 0 saturated heterocycles. The van der Waals surface area contributed by atoms with E-state index < -0.39 is 0 Å². The van der Waals surface area contributed by atoms with Crippen LogP contribution in [0.25, 0.3) is 0 Å². The maximum Gasteiger partial charge on any atom is 0.266 e. The predicted octanol–water partition coefficient (Wildman–Crippen LogP) is -0.355. The van der Waals surface area contributed by atoms with Gasteiger partial charge in [0.2, 0.25) is 0 Å². The fraction of sp³-hybridized carbons (Fsp3) is 0. The molecule has 52 valence electrons. The number of nitrogens with one attached hydrogen (secondary N) is 1. The minimum Gasteiger partial charge on any atom is -0.312 e. The van der Waals surface area contributed by atoms with Crippen LogP contribution in [-0.4, -0.2) is 9.97 Å². The second kappa shape index (κ2) is 3.19. The van der Waals surface area contributed by atoms with Crippen LogP contribution in [-0.2, 0) is 0 Å². The predicted molar refractivity (Wildman–Crippen MR) is 37.3 cm³/mol. The van der Waals surface area contributed by atoms with Crippen molar-refractivity contribution in [1.29, 1.82) is 5.26 Å². The summed E-state index contributed by atoms with van der Waals surface area (Å²) in [4.78, 5) is 16.8. The molecule has 0 unspecified atom stereocenters.